The summed E-state index contributed by atoms with van der Waals surface area (Å²) in [6.07, 6.45) is 0.279. The monoisotopic (exact) mass is 375 g/mol. The van der Waals surface area contributed by atoms with Crippen LogP contribution < -0.4 is 0 Å². The molecule has 0 spiro atoms. The molecule has 2 aromatic carbocycles. The normalized spacial score (nSPS) is 15.1. The Hall–Kier alpha value is -2.92. The van der Waals surface area contributed by atoms with Crippen LogP contribution in [-0.4, -0.2) is 47.0 Å². The van der Waals surface area contributed by atoms with Crippen molar-refractivity contribution in [2.24, 2.45) is 0 Å². The number of benzene rings is 2. The summed E-state index contributed by atoms with van der Waals surface area (Å²) >= 11 is 0. The summed E-state index contributed by atoms with van der Waals surface area (Å²) in [5, 5.41) is 3.86. The van der Waals surface area contributed by atoms with Gasteiger partial charge in [0.05, 0.1) is 18.2 Å². The Balaban J connectivity index is 1.45. The predicted octanol–water partition coefficient (Wildman–Crippen LogP) is 3.46. The minimum absolute atomic E-state index is 0.103. The minimum atomic E-state index is 0.103. The van der Waals surface area contributed by atoms with E-state index in [1.807, 2.05) is 30.0 Å². The van der Waals surface area contributed by atoms with E-state index in [-0.39, 0.29) is 18.4 Å². The lowest BCUT2D eigenvalue weighted by Gasteiger charge is -2.39. The maximum atomic E-state index is 12.6. The number of aromatic nitrogens is 1. The zero-order valence-corrected chi connectivity index (χ0v) is 16.1. The van der Waals surface area contributed by atoms with Crippen molar-refractivity contribution in [1.82, 2.24) is 15.0 Å². The second-order valence-corrected chi connectivity index (χ2v) is 7.25. The molecule has 28 heavy (non-hydrogen) atoms. The summed E-state index contributed by atoms with van der Waals surface area (Å²) in [6.45, 7) is 5.00. The van der Waals surface area contributed by atoms with Crippen molar-refractivity contribution >= 4 is 5.91 Å². The van der Waals surface area contributed by atoms with Gasteiger partial charge in [-0.15, -0.1) is 0 Å². The van der Waals surface area contributed by atoms with Crippen LogP contribution in [0.15, 0.2) is 71.3 Å². The molecule has 1 saturated heterocycles. The van der Waals surface area contributed by atoms with Crippen LogP contribution in [0.5, 0.6) is 0 Å². The van der Waals surface area contributed by atoms with E-state index in [0.717, 1.165) is 31.9 Å². The second-order valence-electron chi connectivity index (χ2n) is 7.25. The first-order chi connectivity index (χ1) is 13.7. The average molecular weight is 375 g/mol. The Kier molecular flexibility index (Phi) is 5.53. The fourth-order valence-electron chi connectivity index (χ4n) is 3.87. The Morgan fingerprint density at radius 3 is 2.04 bits per heavy atom. The smallest absolute Gasteiger partial charge is 0.230 e. The number of rotatable bonds is 5. The van der Waals surface area contributed by atoms with Gasteiger partial charge in [-0.05, 0) is 18.1 Å². The first-order valence-electron chi connectivity index (χ1n) is 9.74. The summed E-state index contributed by atoms with van der Waals surface area (Å²) in [5.41, 5.74) is 3.37. The third kappa shape index (κ3) is 4.15. The molecule has 144 valence electrons. The molecule has 1 aliphatic heterocycles. The molecular formula is C23H25N3O2. The van der Waals surface area contributed by atoms with Crippen molar-refractivity contribution in [3.05, 3.63) is 89.3 Å². The van der Waals surface area contributed by atoms with Crippen molar-refractivity contribution in [1.29, 1.82) is 0 Å². The van der Waals surface area contributed by atoms with Crippen molar-refractivity contribution in [2.45, 2.75) is 19.4 Å². The zero-order chi connectivity index (χ0) is 19.3. The van der Waals surface area contributed by atoms with Crippen LogP contribution in [0.4, 0.5) is 0 Å². The van der Waals surface area contributed by atoms with Crippen molar-refractivity contribution in [3.8, 4) is 0 Å². The minimum Gasteiger partial charge on any atom is -0.361 e. The van der Waals surface area contributed by atoms with E-state index in [9.17, 15) is 4.79 Å². The van der Waals surface area contributed by atoms with Gasteiger partial charge in [0.25, 0.3) is 0 Å². The highest BCUT2D eigenvalue weighted by atomic mass is 16.5. The molecule has 3 aromatic rings. The van der Waals surface area contributed by atoms with Gasteiger partial charge in [0.15, 0.2) is 0 Å². The first-order valence-corrected chi connectivity index (χ1v) is 9.74. The van der Waals surface area contributed by atoms with Crippen LogP contribution in [0.25, 0.3) is 0 Å². The summed E-state index contributed by atoms with van der Waals surface area (Å²) in [7, 11) is 0. The lowest BCUT2D eigenvalue weighted by molar-refractivity contribution is -0.132. The van der Waals surface area contributed by atoms with Gasteiger partial charge in [-0.2, -0.15) is 0 Å². The van der Waals surface area contributed by atoms with Crippen molar-refractivity contribution in [3.63, 3.8) is 0 Å². The van der Waals surface area contributed by atoms with E-state index in [0.29, 0.717) is 5.76 Å². The van der Waals surface area contributed by atoms with Gasteiger partial charge in [0.2, 0.25) is 5.91 Å². The van der Waals surface area contributed by atoms with Gasteiger partial charge in [0.1, 0.15) is 5.76 Å². The molecule has 1 aromatic heterocycles. The number of hydrogen-bond donors (Lipinski definition) is 0. The van der Waals surface area contributed by atoms with E-state index in [1.165, 1.54) is 11.1 Å². The van der Waals surface area contributed by atoms with Gasteiger partial charge in [-0.3, -0.25) is 9.69 Å². The van der Waals surface area contributed by atoms with Gasteiger partial charge >= 0.3 is 0 Å². The third-order valence-electron chi connectivity index (χ3n) is 5.26. The molecule has 0 bridgehead atoms. The summed E-state index contributed by atoms with van der Waals surface area (Å²) in [6, 6.07) is 23.2. The molecule has 2 heterocycles. The quantitative estimate of drug-likeness (QED) is 0.685. The molecule has 0 saturated carbocycles. The largest absolute Gasteiger partial charge is 0.361 e. The number of piperazine rings is 1. The topological polar surface area (TPSA) is 49.6 Å². The molecule has 1 aliphatic rings. The molecular weight excluding hydrogens is 350 g/mol. The number of amides is 1. The highest BCUT2D eigenvalue weighted by Gasteiger charge is 2.28. The first kappa shape index (κ1) is 18.4. The lowest BCUT2D eigenvalue weighted by atomic mass is 9.96. The van der Waals surface area contributed by atoms with Crippen LogP contribution in [-0.2, 0) is 11.2 Å². The number of nitrogens with zero attached hydrogens (tertiary/aromatic N) is 3. The number of carbonyl (C=O) groups is 1. The van der Waals surface area contributed by atoms with Gasteiger partial charge < -0.3 is 9.42 Å². The summed E-state index contributed by atoms with van der Waals surface area (Å²) in [5.74, 6) is 0.739. The number of aryl methyl sites for hydroxylation is 1. The molecule has 1 amide bonds. The van der Waals surface area contributed by atoms with Crippen LogP contribution in [0.1, 0.15) is 28.6 Å². The summed E-state index contributed by atoms with van der Waals surface area (Å²) < 4.78 is 5.19. The van der Waals surface area contributed by atoms with Gasteiger partial charge in [-0.25, -0.2) is 0 Å². The fourth-order valence-corrected chi connectivity index (χ4v) is 3.87. The molecule has 0 atom stereocenters. The van der Waals surface area contributed by atoms with Gasteiger partial charge in [-0.1, -0.05) is 65.8 Å². The van der Waals surface area contributed by atoms with Crippen molar-refractivity contribution < 1.29 is 9.32 Å². The third-order valence-corrected chi connectivity index (χ3v) is 5.26. The van der Waals surface area contributed by atoms with E-state index >= 15 is 0 Å². The highest BCUT2D eigenvalue weighted by Crippen LogP contribution is 2.29. The molecule has 1 fully saturated rings. The Labute approximate surface area is 165 Å². The molecule has 0 aliphatic carbocycles. The maximum Gasteiger partial charge on any atom is 0.230 e. The molecule has 5 heteroatoms. The van der Waals surface area contributed by atoms with E-state index in [1.54, 1.807) is 0 Å². The Morgan fingerprint density at radius 2 is 1.54 bits per heavy atom. The van der Waals surface area contributed by atoms with Crippen LogP contribution in [0.3, 0.4) is 0 Å². The maximum absolute atomic E-state index is 12.6. The SMILES string of the molecule is Cc1cc(CC(=O)N2CCN(C(c3ccccc3)c3ccccc3)CC2)on1. The van der Waals surface area contributed by atoms with E-state index in [2.05, 4.69) is 58.6 Å². The average Bonchev–Trinajstić information content (AvgIpc) is 3.15. The van der Waals surface area contributed by atoms with Crippen molar-refractivity contribution in [2.75, 3.05) is 26.2 Å². The molecule has 0 N–H and O–H groups in total. The van der Waals surface area contributed by atoms with Crippen LogP contribution >= 0.6 is 0 Å². The number of hydrogen-bond acceptors (Lipinski definition) is 4. The lowest BCUT2D eigenvalue weighted by Crippen LogP contribution is -2.50. The fraction of sp³-hybridized carbons (Fsp3) is 0.304. The highest BCUT2D eigenvalue weighted by molar-refractivity contribution is 5.78. The predicted molar refractivity (Wildman–Crippen MR) is 108 cm³/mol. The second kappa shape index (κ2) is 8.40. The molecule has 4 rings (SSSR count). The summed E-state index contributed by atoms with van der Waals surface area (Å²) in [4.78, 5) is 17.0. The number of carbonyl (C=O) groups excluding carboxylic acids is 1. The molecule has 0 unspecified atom stereocenters. The molecule has 0 radical (unpaired) electrons. The standard InChI is InChI=1S/C23H25N3O2/c1-18-16-21(28-24-18)17-22(27)25-12-14-26(15-13-25)23(19-8-4-2-5-9-19)20-10-6-3-7-11-20/h2-11,16,23H,12-15,17H2,1H3. The van der Waals surface area contributed by atoms with Crippen LogP contribution in [0.2, 0.25) is 0 Å². The van der Waals surface area contributed by atoms with Crippen LogP contribution in [0, 0.1) is 6.92 Å². The van der Waals surface area contributed by atoms with E-state index < -0.39 is 0 Å². The van der Waals surface area contributed by atoms with Gasteiger partial charge in [0, 0.05) is 32.2 Å². The zero-order valence-electron chi connectivity index (χ0n) is 16.1. The Morgan fingerprint density at radius 1 is 0.964 bits per heavy atom. The Bertz CT molecular complexity index is 860. The van der Waals surface area contributed by atoms with E-state index in [4.69, 9.17) is 4.52 Å². The molecule has 5 nitrogen and oxygen atoms in total.